The van der Waals surface area contributed by atoms with Crippen LogP contribution in [0.2, 0.25) is 5.02 Å². The number of aliphatic carboxylic acids is 1. The van der Waals surface area contributed by atoms with Crippen molar-refractivity contribution in [1.82, 2.24) is 9.88 Å². The van der Waals surface area contributed by atoms with Crippen molar-refractivity contribution >= 4 is 34.4 Å². The number of fused-ring (bicyclic) bond motifs is 1. The Balaban J connectivity index is 1.95. The van der Waals surface area contributed by atoms with E-state index in [1.807, 2.05) is 0 Å². The van der Waals surface area contributed by atoms with Crippen LogP contribution in [0, 0.1) is 5.82 Å². The van der Waals surface area contributed by atoms with Gasteiger partial charge >= 0.3 is 5.97 Å². The molecule has 1 aromatic heterocycles. The van der Waals surface area contributed by atoms with Gasteiger partial charge in [0.05, 0.1) is 30.7 Å². The maximum Gasteiger partial charge on any atom is 0.305 e. The molecule has 1 atom stereocenters. The van der Waals surface area contributed by atoms with E-state index in [1.165, 1.54) is 23.1 Å². The molecule has 0 spiro atoms. The zero-order valence-corrected chi connectivity index (χ0v) is 12.8. The lowest BCUT2D eigenvalue weighted by Gasteiger charge is -2.34. The summed E-state index contributed by atoms with van der Waals surface area (Å²) in [7, 11) is 0. The number of hydrogen-bond donors (Lipinski definition) is 2. The Morgan fingerprint density at radius 2 is 2.26 bits per heavy atom. The van der Waals surface area contributed by atoms with Crippen molar-refractivity contribution in [2.24, 2.45) is 0 Å². The molecule has 23 heavy (non-hydrogen) atoms. The van der Waals surface area contributed by atoms with Crippen LogP contribution in [0.1, 0.15) is 16.9 Å². The van der Waals surface area contributed by atoms with E-state index in [0.29, 0.717) is 17.5 Å². The molecule has 0 bridgehead atoms. The van der Waals surface area contributed by atoms with Gasteiger partial charge in [0, 0.05) is 17.4 Å². The lowest BCUT2D eigenvalue weighted by Crippen LogP contribution is -2.49. The molecule has 2 N–H and O–H groups in total. The SMILES string of the molecule is O=C(O)CC1COCCN1C(=O)c1[nH]c2ccc(F)cc2c1Cl. The van der Waals surface area contributed by atoms with Gasteiger partial charge in [0.25, 0.3) is 5.91 Å². The van der Waals surface area contributed by atoms with E-state index in [2.05, 4.69) is 4.98 Å². The number of amides is 1. The lowest BCUT2D eigenvalue weighted by atomic mass is 10.1. The van der Waals surface area contributed by atoms with E-state index < -0.39 is 23.7 Å². The number of halogens is 2. The van der Waals surface area contributed by atoms with Crippen molar-refractivity contribution in [1.29, 1.82) is 0 Å². The molecule has 3 rings (SSSR count). The predicted octanol–water partition coefficient (Wildman–Crippen LogP) is 2.28. The number of carboxylic acid groups (broad SMARTS) is 1. The van der Waals surface area contributed by atoms with E-state index in [4.69, 9.17) is 21.4 Å². The fraction of sp³-hybridized carbons (Fsp3) is 0.333. The predicted molar refractivity (Wildman–Crippen MR) is 81.2 cm³/mol. The van der Waals surface area contributed by atoms with Crippen molar-refractivity contribution in [2.45, 2.75) is 12.5 Å². The van der Waals surface area contributed by atoms with Gasteiger partial charge in [-0.25, -0.2) is 4.39 Å². The highest BCUT2D eigenvalue weighted by molar-refractivity contribution is 6.38. The van der Waals surface area contributed by atoms with Gasteiger partial charge in [0.2, 0.25) is 0 Å². The van der Waals surface area contributed by atoms with Crippen LogP contribution in [-0.4, -0.2) is 52.7 Å². The van der Waals surface area contributed by atoms with E-state index >= 15 is 0 Å². The molecule has 1 aromatic carbocycles. The molecule has 1 amide bonds. The Morgan fingerprint density at radius 1 is 1.48 bits per heavy atom. The van der Waals surface area contributed by atoms with Crippen LogP contribution < -0.4 is 0 Å². The fourth-order valence-corrected chi connectivity index (χ4v) is 3.00. The van der Waals surface area contributed by atoms with Gasteiger partial charge < -0.3 is 19.7 Å². The Bertz CT molecular complexity index is 776. The van der Waals surface area contributed by atoms with Crippen LogP contribution in [0.3, 0.4) is 0 Å². The number of H-pyrrole nitrogens is 1. The summed E-state index contributed by atoms with van der Waals surface area (Å²) in [6.45, 7) is 0.760. The van der Waals surface area contributed by atoms with Gasteiger partial charge in [-0.05, 0) is 18.2 Å². The molecular weight excluding hydrogens is 327 g/mol. The number of carbonyl (C=O) groups is 2. The van der Waals surface area contributed by atoms with Crippen LogP contribution in [-0.2, 0) is 9.53 Å². The summed E-state index contributed by atoms with van der Waals surface area (Å²) in [5.41, 5.74) is 0.673. The normalized spacial score (nSPS) is 18.3. The summed E-state index contributed by atoms with van der Waals surface area (Å²) in [5.74, 6) is -1.88. The minimum atomic E-state index is -1.01. The summed E-state index contributed by atoms with van der Waals surface area (Å²) in [6, 6.07) is 3.46. The molecule has 6 nitrogen and oxygen atoms in total. The first-order chi connectivity index (χ1) is 11.0. The Hall–Kier alpha value is -2.12. The topological polar surface area (TPSA) is 82.6 Å². The van der Waals surface area contributed by atoms with Crippen molar-refractivity contribution in [3.05, 3.63) is 34.7 Å². The van der Waals surface area contributed by atoms with Crippen LogP contribution in [0.5, 0.6) is 0 Å². The van der Waals surface area contributed by atoms with Gasteiger partial charge in [0.1, 0.15) is 11.5 Å². The van der Waals surface area contributed by atoms with Crippen LogP contribution >= 0.6 is 11.6 Å². The quantitative estimate of drug-likeness (QED) is 0.898. The number of aromatic nitrogens is 1. The van der Waals surface area contributed by atoms with Gasteiger partial charge in [0.15, 0.2) is 0 Å². The summed E-state index contributed by atoms with van der Waals surface area (Å²) < 4.78 is 18.6. The van der Waals surface area contributed by atoms with E-state index in [-0.39, 0.29) is 30.3 Å². The first kappa shape index (κ1) is 15.8. The molecule has 1 saturated heterocycles. The average Bonchev–Trinajstić information content (AvgIpc) is 2.83. The van der Waals surface area contributed by atoms with Gasteiger partial charge in [-0.3, -0.25) is 9.59 Å². The molecule has 1 fully saturated rings. The summed E-state index contributed by atoms with van der Waals surface area (Å²) >= 11 is 6.20. The highest BCUT2D eigenvalue weighted by Gasteiger charge is 2.32. The second kappa shape index (κ2) is 6.17. The second-order valence-electron chi connectivity index (χ2n) is 5.33. The fourth-order valence-electron chi connectivity index (χ4n) is 2.72. The van der Waals surface area contributed by atoms with Crippen molar-refractivity contribution in [3.8, 4) is 0 Å². The minimum absolute atomic E-state index is 0.129. The highest BCUT2D eigenvalue weighted by atomic mass is 35.5. The Morgan fingerprint density at radius 3 is 3.00 bits per heavy atom. The number of morpholine rings is 1. The monoisotopic (exact) mass is 340 g/mol. The average molecular weight is 341 g/mol. The molecule has 122 valence electrons. The van der Waals surface area contributed by atoms with Gasteiger partial charge in [-0.1, -0.05) is 11.6 Å². The molecule has 0 saturated carbocycles. The Kier molecular flexibility index (Phi) is 4.23. The molecule has 0 aliphatic carbocycles. The number of hydrogen-bond acceptors (Lipinski definition) is 3. The summed E-state index contributed by atoms with van der Waals surface area (Å²) in [6.07, 6.45) is -0.210. The number of benzene rings is 1. The number of aromatic amines is 1. The van der Waals surface area contributed by atoms with Crippen molar-refractivity contribution in [2.75, 3.05) is 19.8 Å². The van der Waals surface area contributed by atoms with Gasteiger partial charge in [-0.2, -0.15) is 0 Å². The number of nitrogens with zero attached hydrogens (tertiary/aromatic N) is 1. The number of ether oxygens (including phenoxy) is 1. The van der Waals surface area contributed by atoms with Crippen molar-refractivity contribution in [3.63, 3.8) is 0 Å². The maximum atomic E-state index is 13.3. The van der Waals surface area contributed by atoms with Gasteiger partial charge in [-0.15, -0.1) is 0 Å². The molecule has 8 heteroatoms. The first-order valence-electron chi connectivity index (χ1n) is 7.04. The number of carbonyl (C=O) groups excluding carboxylic acids is 1. The maximum absolute atomic E-state index is 13.3. The molecule has 1 aliphatic heterocycles. The molecule has 2 aromatic rings. The molecule has 1 aliphatic rings. The smallest absolute Gasteiger partial charge is 0.305 e. The van der Waals surface area contributed by atoms with E-state index in [9.17, 15) is 14.0 Å². The number of rotatable bonds is 3. The lowest BCUT2D eigenvalue weighted by molar-refractivity contribution is -0.139. The van der Waals surface area contributed by atoms with Crippen LogP contribution in [0.25, 0.3) is 10.9 Å². The zero-order valence-electron chi connectivity index (χ0n) is 12.0. The number of nitrogens with one attached hydrogen (secondary N) is 1. The second-order valence-corrected chi connectivity index (χ2v) is 5.71. The molecule has 1 unspecified atom stereocenters. The standard InChI is InChI=1S/C15H14ClFN2O4/c16-13-10-5-8(17)1-2-11(10)18-14(13)15(22)19-3-4-23-7-9(19)6-12(20)21/h1-2,5,9,18H,3-4,6-7H2,(H,20,21). The van der Waals surface area contributed by atoms with Crippen molar-refractivity contribution < 1.29 is 23.8 Å². The third-order valence-corrected chi connectivity index (χ3v) is 4.20. The first-order valence-corrected chi connectivity index (χ1v) is 7.42. The number of carboxylic acids is 1. The Labute approximate surface area is 135 Å². The van der Waals surface area contributed by atoms with Crippen LogP contribution in [0.15, 0.2) is 18.2 Å². The highest BCUT2D eigenvalue weighted by Crippen LogP contribution is 2.29. The summed E-state index contributed by atoms with van der Waals surface area (Å²) in [4.78, 5) is 28.0. The molecular formula is C15H14ClFN2O4. The zero-order chi connectivity index (χ0) is 16.6. The van der Waals surface area contributed by atoms with Crippen LogP contribution in [0.4, 0.5) is 4.39 Å². The third-order valence-electron chi connectivity index (χ3n) is 3.81. The van der Waals surface area contributed by atoms with E-state index in [1.54, 1.807) is 0 Å². The molecule has 0 radical (unpaired) electrons. The largest absolute Gasteiger partial charge is 0.481 e. The third kappa shape index (κ3) is 3.02. The summed E-state index contributed by atoms with van der Waals surface area (Å²) in [5, 5.41) is 9.51. The molecule has 2 heterocycles. The minimum Gasteiger partial charge on any atom is -0.481 e. The van der Waals surface area contributed by atoms with E-state index in [0.717, 1.165) is 0 Å².